The zero-order valence-corrected chi connectivity index (χ0v) is 12.2. The number of ether oxygens (including phenoxy) is 2. The molecule has 7 nitrogen and oxygen atoms in total. The summed E-state index contributed by atoms with van der Waals surface area (Å²) >= 11 is 0. The van der Waals surface area contributed by atoms with Gasteiger partial charge in [0.15, 0.2) is 0 Å². The maximum absolute atomic E-state index is 11.7. The van der Waals surface area contributed by atoms with Gasteiger partial charge in [0.25, 0.3) is 0 Å². The smallest absolute Gasteiger partial charge is 0.246 e. The molecule has 0 radical (unpaired) electrons. The van der Waals surface area contributed by atoms with Crippen molar-refractivity contribution in [1.82, 2.24) is 16.0 Å². The van der Waals surface area contributed by atoms with E-state index in [0.717, 1.165) is 25.9 Å². The molecule has 1 unspecified atom stereocenters. The average molecular weight is 287 g/mol. The van der Waals surface area contributed by atoms with Crippen LogP contribution >= 0.6 is 0 Å². The molecule has 20 heavy (non-hydrogen) atoms. The van der Waals surface area contributed by atoms with Crippen molar-refractivity contribution in [2.45, 2.75) is 31.9 Å². The summed E-state index contributed by atoms with van der Waals surface area (Å²) in [6, 6.07) is -0.573. The minimum absolute atomic E-state index is 0.000355. The van der Waals surface area contributed by atoms with Gasteiger partial charge in [0.05, 0.1) is 12.7 Å². The first-order valence-corrected chi connectivity index (χ1v) is 7.01. The lowest BCUT2D eigenvalue weighted by atomic mass is 10.1. The van der Waals surface area contributed by atoms with E-state index in [4.69, 9.17) is 9.47 Å². The Bertz CT molecular complexity index is 306. The molecule has 0 aromatic rings. The van der Waals surface area contributed by atoms with E-state index in [9.17, 15) is 9.59 Å². The van der Waals surface area contributed by atoms with E-state index in [1.807, 2.05) is 0 Å². The van der Waals surface area contributed by atoms with Gasteiger partial charge in [-0.2, -0.15) is 0 Å². The Morgan fingerprint density at radius 3 is 2.70 bits per heavy atom. The molecule has 1 fully saturated rings. The number of carbonyl (C=O) groups excluding carboxylic acids is 2. The van der Waals surface area contributed by atoms with Gasteiger partial charge in [-0.25, -0.2) is 0 Å². The van der Waals surface area contributed by atoms with E-state index in [1.54, 1.807) is 14.0 Å². The Morgan fingerprint density at radius 2 is 2.05 bits per heavy atom. The molecule has 0 aromatic carbocycles. The van der Waals surface area contributed by atoms with Crippen molar-refractivity contribution in [3.8, 4) is 0 Å². The Hall–Kier alpha value is -1.18. The van der Waals surface area contributed by atoms with Gasteiger partial charge in [0.2, 0.25) is 11.8 Å². The van der Waals surface area contributed by atoms with E-state index in [2.05, 4.69) is 16.0 Å². The van der Waals surface area contributed by atoms with Crippen LogP contribution in [0.4, 0.5) is 0 Å². The zero-order valence-electron chi connectivity index (χ0n) is 12.2. The summed E-state index contributed by atoms with van der Waals surface area (Å²) in [6.07, 6.45) is 1.97. The summed E-state index contributed by atoms with van der Waals surface area (Å²) in [6.45, 7) is 4.37. The number of hydrogen-bond acceptors (Lipinski definition) is 5. The molecular formula is C13H25N3O4. The Balaban J connectivity index is 2.14. The van der Waals surface area contributed by atoms with Crippen molar-refractivity contribution in [3.05, 3.63) is 0 Å². The summed E-state index contributed by atoms with van der Waals surface area (Å²) in [5.41, 5.74) is 0. The molecule has 1 aliphatic heterocycles. The molecule has 0 aromatic heterocycles. The fourth-order valence-corrected chi connectivity index (χ4v) is 1.93. The summed E-state index contributed by atoms with van der Waals surface area (Å²) in [7, 11) is 1.56. The summed E-state index contributed by atoms with van der Waals surface area (Å²) in [5.74, 6) is -0.491. The van der Waals surface area contributed by atoms with E-state index in [1.165, 1.54) is 0 Å². The van der Waals surface area contributed by atoms with Crippen LogP contribution in [0.5, 0.6) is 0 Å². The number of carbonyl (C=O) groups is 2. The maximum atomic E-state index is 11.7. The molecule has 3 N–H and O–H groups in total. The summed E-state index contributed by atoms with van der Waals surface area (Å²) in [5, 5.41) is 8.51. The van der Waals surface area contributed by atoms with Crippen LogP contribution in [0.1, 0.15) is 19.8 Å². The van der Waals surface area contributed by atoms with Crippen LogP contribution in [-0.4, -0.2) is 63.9 Å². The van der Waals surface area contributed by atoms with Gasteiger partial charge in [0, 0.05) is 13.7 Å². The number of piperidine rings is 1. The number of amides is 2. The third-order valence-electron chi connectivity index (χ3n) is 3.11. The first-order chi connectivity index (χ1) is 9.63. The van der Waals surface area contributed by atoms with Crippen molar-refractivity contribution in [1.29, 1.82) is 0 Å². The highest BCUT2D eigenvalue weighted by Crippen LogP contribution is 2.06. The lowest BCUT2D eigenvalue weighted by Gasteiger charge is -2.23. The van der Waals surface area contributed by atoms with Crippen molar-refractivity contribution in [2.75, 3.05) is 40.0 Å². The molecule has 2 amide bonds. The molecule has 1 saturated heterocycles. The monoisotopic (exact) mass is 287 g/mol. The third kappa shape index (κ3) is 6.83. The first-order valence-electron chi connectivity index (χ1n) is 7.01. The predicted octanol–water partition coefficient (Wildman–Crippen LogP) is -0.978. The van der Waals surface area contributed by atoms with Crippen LogP contribution in [0.2, 0.25) is 0 Å². The lowest BCUT2D eigenvalue weighted by molar-refractivity contribution is -0.132. The average Bonchev–Trinajstić information content (AvgIpc) is 2.46. The van der Waals surface area contributed by atoms with Gasteiger partial charge >= 0.3 is 0 Å². The molecule has 0 spiro atoms. The fraction of sp³-hybridized carbons (Fsp3) is 0.846. The standard InChI is InChI=1S/C13H25N3O4/c1-10(13(18)15-7-8-19-2)16-12(17)9-20-11-3-5-14-6-4-11/h10-11,14H,3-9H2,1-2H3,(H,15,18)(H,16,17). The van der Waals surface area contributed by atoms with Crippen LogP contribution in [0, 0.1) is 0 Å². The maximum Gasteiger partial charge on any atom is 0.246 e. The lowest BCUT2D eigenvalue weighted by Crippen LogP contribution is -2.47. The molecule has 0 saturated carbocycles. The summed E-state index contributed by atoms with van der Waals surface area (Å²) < 4.78 is 10.4. The van der Waals surface area contributed by atoms with Gasteiger partial charge in [-0.3, -0.25) is 9.59 Å². The first kappa shape index (κ1) is 16.9. The van der Waals surface area contributed by atoms with E-state index >= 15 is 0 Å². The highest BCUT2D eigenvalue weighted by molar-refractivity contribution is 5.87. The second-order valence-electron chi connectivity index (χ2n) is 4.83. The minimum Gasteiger partial charge on any atom is -0.383 e. The SMILES string of the molecule is COCCNC(=O)C(C)NC(=O)COC1CCNCC1. The van der Waals surface area contributed by atoms with Crippen molar-refractivity contribution >= 4 is 11.8 Å². The summed E-state index contributed by atoms with van der Waals surface area (Å²) in [4.78, 5) is 23.3. The van der Waals surface area contributed by atoms with Crippen LogP contribution in [0.15, 0.2) is 0 Å². The van der Waals surface area contributed by atoms with Gasteiger partial charge < -0.3 is 25.4 Å². The van der Waals surface area contributed by atoms with Crippen LogP contribution < -0.4 is 16.0 Å². The van der Waals surface area contributed by atoms with Crippen LogP contribution in [0.25, 0.3) is 0 Å². The van der Waals surface area contributed by atoms with E-state index in [-0.39, 0.29) is 24.5 Å². The van der Waals surface area contributed by atoms with Crippen molar-refractivity contribution in [2.24, 2.45) is 0 Å². The highest BCUT2D eigenvalue weighted by Gasteiger charge is 2.18. The van der Waals surface area contributed by atoms with Crippen molar-refractivity contribution < 1.29 is 19.1 Å². The Morgan fingerprint density at radius 1 is 1.35 bits per heavy atom. The van der Waals surface area contributed by atoms with E-state index in [0.29, 0.717) is 13.2 Å². The molecule has 1 heterocycles. The zero-order chi connectivity index (χ0) is 14.8. The molecule has 7 heteroatoms. The van der Waals surface area contributed by atoms with Crippen LogP contribution in [0.3, 0.4) is 0 Å². The van der Waals surface area contributed by atoms with Crippen molar-refractivity contribution in [3.63, 3.8) is 0 Å². The second kappa shape index (κ2) is 9.68. The van der Waals surface area contributed by atoms with Gasteiger partial charge in [-0.1, -0.05) is 0 Å². The fourth-order valence-electron chi connectivity index (χ4n) is 1.93. The quantitative estimate of drug-likeness (QED) is 0.500. The van der Waals surface area contributed by atoms with Gasteiger partial charge in [-0.15, -0.1) is 0 Å². The number of hydrogen-bond donors (Lipinski definition) is 3. The number of rotatable bonds is 8. The topological polar surface area (TPSA) is 88.7 Å². The molecule has 1 atom stereocenters. The third-order valence-corrected chi connectivity index (χ3v) is 3.11. The molecule has 116 valence electrons. The number of nitrogens with one attached hydrogen (secondary N) is 3. The van der Waals surface area contributed by atoms with Gasteiger partial charge in [0.1, 0.15) is 12.6 Å². The second-order valence-corrected chi connectivity index (χ2v) is 4.83. The Kier molecular flexibility index (Phi) is 8.17. The normalized spacial score (nSPS) is 17.5. The molecule has 0 aliphatic carbocycles. The largest absolute Gasteiger partial charge is 0.383 e. The number of methoxy groups -OCH3 is 1. The predicted molar refractivity (Wildman–Crippen MR) is 74.3 cm³/mol. The molecule has 0 bridgehead atoms. The van der Waals surface area contributed by atoms with Gasteiger partial charge in [-0.05, 0) is 32.9 Å². The highest BCUT2D eigenvalue weighted by atomic mass is 16.5. The van der Waals surface area contributed by atoms with E-state index < -0.39 is 6.04 Å². The molecular weight excluding hydrogens is 262 g/mol. The molecule has 1 aliphatic rings. The Labute approximate surface area is 119 Å². The molecule has 1 rings (SSSR count). The van der Waals surface area contributed by atoms with Crippen LogP contribution in [-0.2, 0) is 19.1 Å². The minimum atomic E-state index is -0.573.